The minimum absolute atomic E-state index is 0.255. The van der Waals surface area contributed by atoms with Crippen LogP contribution in [0.4, 0.5) is 0 Å². The number of aromatic nitrogens is 1. The van der Waals surface area contributed by atoms with Gasteiger partial charge in [-0.05, 0) is 19.3 Å². The van der Waals surface area contributed by atoms with Gasteiger partial charge in [0.15, 0.2) is 5.96 Å². The predicted octanol–water partition coefficient (Wildman–Crippen LogP) is 2.45. The second-order valence-electron chi connectivity index (χ2n) is 7.56. The molecule has 27 heavy (non-hydrogen) atoms. The third kappa shape index (κ3) is 5.65. The average molecular weight is 394 g/mol. The monoisotopic (exact) mass is 393 g/mol. The van der Waals surface area contributed by atoms with Crippen LogP contribution in [0, 0.1) is 0 Å². The number of rotatable bonds is 7. The van der Waals surface area contributed by atoms with Gasteiger partial charge in [-0.1, -0.05) is 26.2 Å². The Balaban J connectivity index is 1.50. The van der Waals surface area contributed by atoms with E-state index in [4.69, 9.17) is 4.74 Å². The van der Waals surface area contributed by atoms with Crippen molar-refractivity contribution in [2.24, 2.45) is 4.99 Å². The van der Waals surface area contributed by atoms with E-state index in [1.165, 1.54) is 42.0 Å². The third-order valence-electron chi connectivity index (χ3n) is 5.86. The van der Waals surface area contributed by atoms with Crippen molar-refractivity contribution in [2.75, 3.05) is 46.4 Å². The van der Waals surface area contributed by atoms with Crippen LogP contribution in [-0.2, 0) is 17.6 Å². The molecule has 152 valence electrons. The highest BCUT2D eigenvalue weighted by Crippen LogP contribution is 2.33. The minimum atomic E-state index is 0.255. The van der Waals surface area contributed by atoms with Crippen LogP contribution in [0.1, 0.15) is 48.9 Å². The maximum atomic E-state index is 5.58. The van der Waals surface area contributed by atoms with Gasteiger partial charge in [0, 0.05) is 56.3 Å². The van der Waals surface area contributed by atoms with E-state index in [0.29, 0.717) is 0 Å². The maximum Gasteiger partial charge on any atom is 0.191 e. The molecule has 1 saturated heterocycles. The quantitative estimate of drug-likeness (QED) is 0.550. The van der Waals surface area contributed by atoms with Crippen molar-refractivity contribution in [3.05, 3.63) is 16.1 Å². The minimum Gasteiger partial charge on any atom is -0.379 e. The molecule has 1 aliphatic heterocycles. The number of thiazole rings is 1. The van der Waals surface area contributed by atoms with Crippen molar-refractivity contribution >= 4 is 17.3 Å². The van der Waals surface area contributed by atoms with E-state index >= 15 is 0 Å². The molecule has 0 aromatic carbocycles. The summed E-state index contributed by atoms with van der Waals surface area (Å²) < 4.78 is 5.58. The van der Waals surface area contributed by atoms with E-state index in [2.05, 4.69) is 32.4 Å². The van der Waals surface area contributed by atoms with Crippen molar-refractivity contribution in [3.63, 3.8) is 0 Å². The molecule has 6 nitrogen and oxygen atoms in total. The Morgan fingerprint density at radius 3 is 2.70 bits per heavy atom. The highest BCUT2D eigenvalue weighted by Gasteiger charge is 2.38. The summed E-state index contributed by atoms with van der Waals surface area (Å²) in [6.07, 6.45) is 10.6. The number of hydrogen-bond acceptors (Lipinski definition) is 5. The lowest BCUT2D eigenvalue weighted by molar-refractivity contribution is -0.0352. The molecule has 1 aromatic heterocycles. The van der Waals surface area contributed by atoms with Crippen molar-refractivity contribution in [3.8, 4) is 0 Å². The fourth-order valence-electron chi connectivity index (χ4n) is 4.24. The van der Waals surface area contributed by atoms with Crippen LogP contribution in [0.5, 0.6) is 0 Å². The zero-order valence-electron chi connectivity index (χ0n) is 16.9. The first kappa shape index (κ1) is 20.6. The molecule has 0 amide bonds. The normalized spacial score (nSPS) is 21.2. The Bertz CT molecular complexity index is 591. The molecule has 0 spiro atoms. The second-order valence-corrected chi connectivity index (χ2v) is 8.76. The highest BCUT2D eigenvalue weighted by molar-refractivity contribution is 7.11. The molecular formula is C20H35N5OS. The van der Waals surface area contributed by atoms with E-state index < -0.39 is 0 Å². The molecule has 1 saturated carbocycles. The fraction of sp³-hybridized carbons (Fsp3) is 0.800. The molecule has 0 bridgehead atoms. The Kier molecular flexibility index (Phi) is 7.91. The second kappa shape index (κ2) is 10.4. The molecule has 0 unspecified atom stereocenters. The number of hydrogen-bond donors (Lipinski definition) is 2. The van der Waals surface area contributed by atoms with E-state index in [9.17, 15) is 0 Å². The molecule has 3 rings (SSSR count). The smallest absolute Gasteiger partial charge is 0.191 e. The number of nitrogens with one attached hydrogen (secondary N) is 2. The lowest BCUT2D eigenvalue weighted by Crippen LogP contribution is -2.60. The Hall–Kier alpha value is -1.18. The van der Waals surface area contributed by atoms with Gasteiger partial charge in [0.2, 0.25) is 0 Å². The summed E-state index contributed by atoms with van der Waals surface area (Å²) in [7, 11) is 1.86. The van der Waals surface area contributed by atoms with Crippen molar-refractivity contribution in [1.82, 2.24) is 20.5 Å². The maximum absolute atomic E-state index is 5.58. The van der Waals surface area contributed by atoms with E-state index in [1.807, 2.05) is 24.6 Å². The van der Waals surface area contributed by atoms with Gasteiger partial charge in [-0.3, -0.25) is 9.89 Å². The lowest BCUT2D eigenvalue weighted by atomic mass is 9.80. The molecule has 2 N–H and O–H groups in total. The first-order valence-electron chi connectivity index (χ1n) is 10.5. The van der Waals surface area contributed by atoms with Gasteiger partial charge >= 0.3 is 0 Å². The number of aliphatic imine (C=N–C) groups is 1. The first-order chi connectivity index (χ1) is 13.3. The predicted molar refractivity (Wildman–Crippen MR) is 113 cm³/mol. The van der Waals surface area contributed by atoms with Crippen LogP contribution < -0.4 is 10.6 Å². The summed E-state index contributed by atoms with van der Waals surface area (Å²) in [5.74, 6) is 0.903. The summed E-state index contributed by atoms with van der Waals surface area (Å²) in [5, 5.41) is 8.29. The summed E-state index contributed by atoms with van der Waals surface area (Å²) in [6, 6.07) is 0. The molecule has 2 aliphatic rings. The number of nitrogens with zero attached hydrogens (tertiary/aromatic N) is 3. The van der Waals surface area contributed by atoms with Crippen LogP contribution in [0.25, 0.3) is 0 Å². The standard InChI is InChI=1S/C20H35N5OS/c1-3-17-15-23-18(27-17)7-10-22-19(21-2)24-16-20(8-5-4-6-9-20)25-11-13-26-14-12-25/h15H,3-14,16H2,1-2H3,(H2,21,22,24). The molecule has 2 heterocycles. The van der Waals surface area contributed by atoms with Crippen LogP contribution in [-0.4, -0.2) is 67.8 Å². The topological polar surface area (TPSA) is 61.8 Å². The van der Waals surface area contributed by atoms with Crippen molar-refractivity contribution in [1.29, 1.82) is 0 Å². The highest BCUT2D eigenvalue weighted by atomic mass is 32.1. The van der Waals surface area contributed by atoms with Crippen LogP contribution in [0.2, 0.25) is 0 Å². The number of aryl methyl sites for hydroxylation is 1. The van der Waals surface area contributed by atoms with Gasteiger partial charge < -0.3 is 15.4 Å². The summed E-state index contributed by atoms with van der Waals surface area (Å²) in [6.45, 7) is 7.83. The molecular weight excluding hydrogens is 358 g/mol. The largest absolute Gasteiger partial charge is 0.379 e. The lowest BCUT2D eigenvalue weighted by Gasteiger charge is -2.48. The summed E-state index contributed by atoms with van der Waals surface area (Å²) in [4.78, 5) is 13.0. The SMILES string of the molecule is CCc1cnc(CCNC(=NC)NCC2(N3CCOCC3)CCCCC2)s1. The molecule has 1 aromatic rings. The Morgan fingerprint density at radius 2 is 2.04 bits per heavy atom. The Morgan fingerprint density at radius 1 is 1.26 bits per heavy atom. The molecule has 0 atom stereocenters. The van der Waals surface area contributed by atoms with Gasteiger partial charge in [0.1, 0.15) is 0 Å². The van der Waals surface area contributed by atoms with Crippen LogP contribution in [0.3, 0.4) is 0 Å². The fourth-order valence-corrected chi connectivity index (χ4v) is 5.10. The van der Waals surface area contributed by atoms with E-state index in [-0.39, 0.29) is 5.54 Å². The van der Waals surface area contributed by atoms with Crippen molar-refractivity contribution in [2.45, 2.75) is 57.4 Å². The molecule has 0 radical (unpaired) electrons. The zero-order chi connectivity index (χ0) is 19.0. The molecule has 1 aliphatic carbocycles. The average Bonchev–Trinajstić information content (AvgIpc) is 3.20. The van der Waals surface area contributed by atoms with Crippen LogP contribution in [0.15, 0.2) is 11.2 Å². The van der Waals surface area contributed by atoms with Gasteiger partial charge in [-0.25, -0.2) is 4.98 Å². The van der Waals surface area contributed by atoms with Gasteiger partial charge in [-0.2, -0.15) is 0 Å². The first-order valence-corrected chi connectivity index (χ1v) is 11.3. The zero-order valence-corrected chi connectivity index (χ0v) is 17.7. The number of ether oxygens (including phenoxy) is 1. The van der Waals surface area contributed by atoms with Gasteiger partial charge in [0.25, 0.3) is 0 Å². The van der Waals surface area contributed by atoms with E-state index in [1.54, 1.807) is 0 Å². The van der Waals surface area contributed by atoms with Gasteiger partial charge in [0.05, 0.1) is 18.2 Å². The van der Waals surface area contributed by atoms with Crippen LogP contribution >= 0.6 is 11.3 Å². The van der Waals surface area contributed by atoms with Crippen molar-refractivity contribution < 1.29 is 4.74 Å². The van der Waals surface area contributed by atoms with Gasteiger partial charge in [-0.15, -0.1) is 11.3 Å². The molecule has 7 heteroatoms. The Labute approximate surface area is 167 Å². The number of guanidine groups is 1. The van der Waals surface area contributed by atoms with E-state index in [0.717, 1.165) is 58.2 Å². The number of morpholine rings is 1. The molecule has 2 fully saturated rings. The summed E-state index contributed by atoms with van der Waals surface area (Å²) >= 11 is 1.82. The third-order valence-corrected chi connectivity index (χ3v) is 7.06. The summed E-state index contributed by atoms with van der Waals surface area (Å²) in [5.41, 5.74) is 0.255.